The van der Waals surface area contributed by atoms with Crippen molar-refractivity contribution in [3.63, 3.8) is 0 Å². The van der Waals surface area contributed by atoms with Gasteiger partial charge in [-0.2, -0.15) is 0 Å². The van der Waals surface area contributed by atoms with Gasteiger partial charge in [0.15, 0.2) is 0 Å². The molecule has 134 valence electrons. The Bertz CT molecular complexity index is 783. The standard InChI is InChI=1S/C19H26N4O2/c1-12-9-13(11-23-7-4-14(22-25)5-8-23)10-16-17(12)18-15(19(24)21-16)3-2-6-20-18/h10,12,20,25H,2-9,11H2,1H3,(H,21,24). The van der Waals surface area contributed by atoms with Gasteiger partial charge in [0.25, 0.3) is 5.56 Å². The van der Waals surface area contributed by atoms with Crippen molar-refractivity contribution in [2.24, 2.45) is 5.16 Å². The fourth-order valence-corrected chi connectivity index (χ4v) is 4.45. The highest BCUT2D eigenvalue weighted by molar-refractivity contribution is 5.84. The molecule has 25 heavy (non-hydrogen) atoms. The van der Waals surface area contributed by atoms with Gasteiger partial charge in [0.2, 0.25) is 0 Å². The molecule has 0 aromatic carbocycles. The first kappa shape index (κ1) is 16.4. The van der Waals surface area contributed by atoms with E-state index in [9.17, 15) is 4.79 Å². The third-order valence-corrected chi connectivity index (χ3v) is 5.70. The van der Waals surface area contributed by atoms with Crippen LogP contribution in [0, 0.1) is 0 Å². The number of likely N-dealkylation sites (tertiary alicyclic amines) is 1. The number of rotatable bonds is 2. The summed E-state index contributed by atoms with van der Waals surface area (Å²) in [5.74, 6) is 0.408. The van der Waals surface area contributed by atoms with Crippen LogP contribution >= 0.6 is 0 Å². The minimum absolute atomic E-state index is 0.0624. The molecule has 3 aliphatic rings. The molecule has 6 heteroatoms. The van der Waals surface area contributed by atoms with Crippen molar-refractivity contribution in [2.75, 3.05) is 31.5 Å². The number of hydrogen-bond donors (Lipinski definition) is 3. The molecule has 1 aromatic heterocycles. The molecular weight excluding hydrogens is 316 g/mol. The van der Waals surface area contributed by atoms with E-state index in [4.69, 9.17) is 5.21 Å². The summed E-state index contributed by atoms with van der Waals surface area (Å²) in [7, 11) is 0. The van der Waals surface area contributed by atoms with Crippen molar-refractivity contribution in [1.29, 1.82) is 0 Å². The molecule has 0 bridgehead atoms. The number of pyridine rings is 1. The highest BCUT2D eigenvalue weighted by Crippen LogP contribution is 2.39. The predicted octanol–water partition coefficient (Wildman–Crippen LogP) is 2.55. The summed E-state index contributed by atoms with van der Waals surface area (Å²) in [4.78, 5) is 18.0. The summed E-state index contributed by atoms with van der Waals surface area (Å²) in [5.41, 5.74) is 6.63. The van der Waals surface area contributed by atoms with Crippen LogP contribution in [0.4, 0.5) is 5.69 Å². The van der Waals surface area contributed by atoms with Crippen molar-refractivity contribution in [3.8, 4) is 0 Å². The molecular formula is C19H26N4O2. The normalized spacial score (nSPS) is 23.3. The highest BCUT2D eigenvalue weighted by Gasteiger charge is 2.27. The third-order valence-electron chi connectivity index (χ3n) is 5.70. The number of anilines is 1. The van der Waals surface area contributed by atoms with Crippen LogP contribution in [0.1, 0.15) is 55.3 Å². The van der Waals surface area contributed by atoms with Gasteiger partial charge in [-0.1, -0.05) is 17.7 Å². The van der Waals surface area contributed by atoms with Gasteiger partial charge in [-0.05, 0) is 31.3 Å². The molecule has 1 aromatic rings. The maximum absolute atomic E-state index is 12.4. The zero-order valence-corrected chi connectivity index (χ0v) is 14.8. The van der Waals surface area contributed by atoms with E-state index in [1.807, 2.05) is 0 Å². The average Bonchev–Trinajstić information content (AvgIpc) is 2.62. The van der Waals surface area contributed by atoms with Crippen molar-refractivity contribution in [2.45, 2.75) is 44.9 Å². The van der Waals surface area contributed by atoms with Gasteiger partial charge in [0.1, 0.15) is 0 Å². The van der Waals surface area contributed by atoms with Crippen LogP contribution in [0.5, 0.6) is 0 Å². The maximum atomic E-state index is 12.4. The Morgan fingerprint density at radius 1 is 1.32 bits per heavy atom. The van der Waals surface area contributed by atoms with Crippen LogP contribution in [0.15, 0.2) is 15.5 Å². The van der Waals surface area contributed by atoms with Crippen molar-refractivity contribution < 1.29 is 5.21 Å². The van der Waals surface area contributed by atoms with Crippen LogP contribution in [-0.4, -0.2) is 47.0 Å². The van der Waals surface area contributed by atoms with Gasteiger partial charge in [-0.25, -0.2) is 0 Å². The van der Waals surface area contributed by atoms with Gasteiger partial charge in [-0.3, -0.25) is 9.69 Å². The second-order valence-electron chi connectivity index (χ2n) is 7.52. The number of hydrogen-bond acceptors (Lipinski definition) is 5. The number of nitrogens with one attached hydrogen (secondary N) is 2. The molecule has 2 aliphatic heterocycles. The van der Waals surface area contributed by atoms with Gasteiger partial charge in [0, 0.05) is 61.5 Å². The first-order valence-corrected chi connectivity index (χ1v) is 9.30. The molecule has 3 heterocycles. The van der Waals surface area contributed by atoms with Gasteiger partial charge >= 0.3 is 0 Å². The maximum Gasteiger partial charge on any atom is 0.253 e. The SMILES string of the molecule is CC1CC(CN2CCC(=NO)CC2)=Cc2[nH]c(=O)c3c(c21)NCCC3. The van der Waals surface area contributed by atoms with Crippen LogP contribution in [0.3, 0.4) is 0 Å². The van der Waals surface area contributed by atoms with Crippen LogP contribution in [0.25, 0.3) is 6.08 Å². The van der Waals surface area contributed by atoms with Crippen LogP contribution < -0.4 is 10.9 Å². The van der Waals surface area contributed by atoms with E-state index < -0.39 is 0 Å². The number of nitrogens with zero attached hydrogens (tertiary/aromatic N) is 2. The number of fused-ring (bicyclic) bond motifs is 3. The van der Waals surface area contributed by atoms with Gasteiger partial charge in [-0.15, -0.1) is 0 Å². The molecule has 3 N–H and O–H groups in total. The smallest absolute Gasteiger partial charge is 0.253 e. The lowest BCUT2D eigenvalue weighted by Gasteiger charge is -2.32. The van der Waals surface area contributed by atoms with E-state index in [0.717, 1.165) is 80.9 Å². The monoisotopic (exact) mass is 342 g/mol. The number of piperidine rings is 1. The topological polar surface area (TPSA) is 80.7 Å². The molecule has 1 atom stereocenters. The van der Waals surface area contributed by atoms with Crippen molar-refractivity contribution in [3.05, 3.63) is 32.7 Å². The van der Waals surface area contributed by atoms with E-state index in [1.165, 1.54) is 11.1 Å². The summed E-state index contributed by atoms with van der Waals surface area (Å²) in [6.07, 6.45) is 6.79. The number of aromatic nitrogens is 1. The Kier molecular flexibility index (Phi) is 4.37. The lowest BCUT2D eigenvalue weighted by atomic mass is 9.83. The summed E-state index contributed by atoms with van der Waals surface area (Å²) >= 11 is 0. The summed E-state index contributed by atoms with van der Waals surface area (Å²) in [6.45, 7) is 6.00. The van der Waals surface area contributed by atoms with Gasteiger partial charge in [0.05, 0.1) is 5.71 Å². The fourth-order valence-electron chi connectivity index (χ4n) is 4.45. The van der Waals surface area contributed by atoms with Crippen molar-refractivity contribution in [1.82, 2.24) is 9.88 Å². The quantitative estimate of drug-likeness (QED) is 0.570. The molecule has 0 amide bonds. The molecule has 0 spiro atoms. The van der Waals surface area contributed by atoms with Gasteiger partial charge < -0.3 is 15.5 Å². The number of aromatic amines is 1. The Balaban J connectivity index is 1.59. The second kappa shape index (κ2) is 6.67. The minimum atomic E-state index is 0.0624. The molecule has 4 rings (SSSR count). The summed E-state index contributed by atoms with van der Waals surface area (Å²) in [5, 5.41) is 15.7. The largest absolute Gasteiger partial charge is 0.411 e. The van der Waals surface area contributed by atoms with E-state index in [1.54, 1.807) is 0 Å². The average molecular weight is 342 g/mol. The molecule has 0 saturated carbocycles. The van der Waals surface area contributed by atoms with E-state index >= 15 is 0 Å². The summed E-state index contributed by atoms with van der Waals surface area (Å²) < 4.78 is 0. The third kappa shape index (κ3) is 3.11. The number of oxime groups is 1. The Morgan fingerprint density at radius 3 is 2.88 bits per heavy atom. The highest BCUT2D eigenvalue weighted by atomic mass is 16.4. The molecule has 1 fully saturated rings. The molecule has 6 nitrogen and oxygen atoms in total. The van der Waals surface area contributed by atoms with E-state index in [-0.39, 0.29) is 5.56 Å². The Labute approximate surface area is 147 Å². The molecule has 1 saturated heterocycles. The molecule has 1 unspecified atom stereocenters. The minimum Gasteiger partial charge on any atom is -0.411 e. The molecule has 1 aliphatic carbocycles. The molecule has 0 radical (unpaired) electrons. The van der Waals surface area contributed by atoms with E-state index in [2.05, 4.69) is 33.4 Å². The predicted molar refractivity (Wildman–Crippen MR) is 99.8 cm³/mol. The van der Waals surface area contributed by atoms with E-state index in [0.29, 0.717) is 5.92 Å². The second-order valence-corrected chi connectivity index (χ2v) is 7.52. The van der Waals surface area contributed by atoms with Crippen LogP contribution in [0.2, 0.25) is 0 Å². The number of H-pyrrole nitrogens is 1. The van der Waals surface area contributed by atoms with Crippen molar-refractivity contribution >= 4 is 17.5 Å². The fraction of sp³-hybridized carbons (Fsp3) is 0.579. The first-order chi connectivity index (χ1) is 12.2. The Morgan fingerprint density at radius 2 is 2.12 bits per heavy atom. The first-order valence-electron chi connectivity index (χ1n) is 9.30. The summed E-state index contributed by atoms with van der Waals surface area (Å²) in [6, 6.07) is 0. The van der Waals surface area contributed by atoms with Crippen LogP contribution in [-0.2, 0) is 6.42 Å². The zero-order chi connectivity index (χ0) is 17.4. The zero-order valence-electron chi connectivity index (χ0n) is 14.8. The lowest BCUT2D eigenvalue weighted by molar-refractivity contribution is 0.277. The lowest BCUT2D eigenvalue weighted by Crippen LogP contribution is -2.36. The Hall–Kier alpha value is -2.08.